The van der Waals surface area contributed by atoms with E-state index in [2.05, 4.69) is 0 Å². The van der Waals surface area contributed by atoms with Crippen molar-refractivity contribution in [3.8, 4) is 0 Å². The first-order chi connectivity index (χ1) is 8.65. The fourth-order valence-corrected chi connectivity index (χ4v) is 2.46. The second-order valence-corrected chi connectivity index (χ2v) is 5.30. The number of carboxylic acid groups (broad SMARTS) is 1. The molecule has 0 fully saturated rings. The molecule has 0 aliphatic carbocycles. The van der Waals surface area contributed by atoms with Crippen LogP contribution in [-0.2, 0) is 18.0 Å². The summed E-state index contributed by atoms with van der Waals surface area (Å²) in [5.41, 5.74) is 0.998. The van der Waals surface area contributed by atoms with E-state index < -0.39 is 5.97 Å². The normalized spacial score (nSPS) is 10.5. The molecule has 0 unspecified atom stereocenters. The third-order valence-electron chi connectivity index (χ3n) is 2.27. The summed E-state index contributed by atoms with van der Waals surface area (Å²) in [6, 6.07) is 10.8. The van der Waals surface area contributed by atoms with E-state index in [1.165, 1.54) is 11.3 Å². The van der Waals surface area contributed by atoms with Gasteiger partial charge in [0.15, 0.2) is 0 Å². The lowest BCUT2D eigenvalue weighted by atomic mass is 10.2. The molecular weight excluding hydrogens is 272 g/mol. The predicted molar refractivity (Wildman–Crippen MR) is 71.2 cm³/mol. The minimum Gasteiger partial charge on any atom is -0.477 e. The Kier molecular flexibility index (Phi) is 4.36. The molecule has 3 nitrogen and oxygen atoms in total. The lowest BCUT2D eigenvalue weighted by Gasteiger charge is -2.03. The van der Waals surface area contributed by atoms with Crippen LogP contribution in [0.4, 0.5) is 0 Å². The Bertz CT molecular complexity index is 551. The minimum absolute atomic E-state index is 0.330. The summed E-state index contributed by atoms with van der Waals surface area (Å²) in [4.78, 5) is 11.9. The molecule has 0 spiro atoms. The molecule has 2 aromatic rings. The van der Waals surface area contributed by atoms with E-state index in [4.69, 9.17) is 21.4 Å². The van der Waals surface area contributed by atoms with Crippen LogP contribution in [-0.4, -0.2) is 11.1 Å². The van der Waals surface area contributed by atoms with Crippen LogP contribution in [0, 0.1) is 0 Å². The van der Waals surface area contributed by atoms with Gasteiger partial charge in [-0.25, -0.2) is 4.79 Å². The number of halogens is 1. The summed E-state index contributed by atoms with van der Waals surface area (Å²) < 4.78 is 5.51. The van der Waals surface area contributed by atoms with Crippen LogP contribution in [0.2, 0.25) is 5.02 Å². The first kappa shape index (κ1) is 13.1. The van der Waals surface area contributed by atoms with Crippen molar-refractivity contribution in [2.75, 3.05) is 0 Å². The quantitative estimate of drug-likeness (QED) is 0.907. The SMILES string of the molecule is O=C(O)c1ccc(COCc2cccc(Cl)c2)s1. The average molecular weight is 283 g/mol. The standard InChI is InChI=1S/C13H11ClO3S/c14-10-3-1-2-9(6-10)7-17-8-11-4-5-12(18-11)13(15)16/h1-6H,7-8H2,(H,15,16). The van der Waals surface area contributed by atoms with Crippen molar-refractivity contribution in [3.05, 3.63) is 56.7 Å². The van der Waals surface area contributed by atoms with Gasteiger partial charge in [-0.05, 0) is 29.8 Å². The number of carboxylic acids is 1. The molecular formula is C13H11ClO3S. The first-order valence-electron chi connectivity index (χ1n) is 5.29. The molecule has 0 bridgehead atoms. The Morgan fingerprint density at radius 3 is 2.78 bits per heavy atom. The van der Waals surface area contributed by atoms with E-state index in [1.807, 2.05) is 24.3 Å². The summed E-state index contributed by atoms with van der Waals surface area (Å²) >= 11 is 7.09. The number of hydrogen-bond acceptors (Lipinski definition) is 3. The molecule has 0 saturated heterocycles. The highest BCUT2D eigenvalue weighted by atomic mass is 35.5. The third-order valence-corrected chi connectivity index (χ3v) is 3.56. The monoisotopic (exact) mass is 282 g/mol. The van der Waals surface area contributed by atoms with Crippen molar-refractivity contribution >= 4 is 28.9 Å². The van der Waals surface area contributed by atoms with E-state index in [0.29, 0.717) is 23.1 Å². The molecule has 0 radical (unpaired) electrons. The number of benzene rings is 1. The third kappa shape index (κ3) is 3.57. The zero-order valence-corrected chi connectivity index (χ0v) is 11.0. The molecule has 94 valence electrons. The number of thiophene rings is 1. The summed E-state index contributed by atoms with van der Waals surface area (Å²) in [6.45, 7) is 0.866. The van der Waals surface area contributed by atoms with E-state index in [0.717, 1.165) is 10.4 Å². The highest BCUT2D eigenvalue weighted by Crippen LogP contribution is 2.18. The van der Waals surface area contributed by atoms with Gasteiger partial charge in [0.2, 0.25) is 0 Å². The molecule has 5 heteroatoms. The number of aromatic carboxylic acids is 1. The number of ether oxygens (including phenoxy) is 1. The molecule has 0 amide bonds. The minimum atomic E-state index is -0.902. The smallest absolute Gasteiger partial charge is 0.345 e. The molecule has 0 saturated carbocycles. The van der Waals surface area contributed by atoms with Gasteiger partial charge in [-0.15, -0.1) is 11.3 Å². The topological polar surface area (TPSA) is 46.5 Å². The Hall–Kier alpha value is -1.36. The largest absolute Gasteiger partial charge is 0.477 e. The van der Waals surface area contributed by atoms with Gasteiger partial charge in [-0.3, -0.25) is 0 Å². The van der Waals surface area contributed by atoms with Crippen LogP contribution in [0.25, 0.3) is 0 Å². The number of carbonyl (C=O) groups is 1. The molecule has 18 heavy (non-hydrogen) atoms. The van der Waals surface area contributed by atoms with E-state index in [-0.39, 0.29) is 0 Å². The molecule has 0 aliphatic heterocycles. The van der Waals surface area contributed by atoms with Crippen molar-refractivity contribution in [1.29, 1.82) is 0 Å². The molecule has 1 aromatic heterocycles. The van der Waals surface area contributed by atoms with Crippen LogP contribution < -0.4 is 0 Å². The van der Waals surface area contributed by atoms with Crippen LogP contribution in [0.1, 0.15) is 20.1 Å². The summed E-state index contributed by atoms with van der Waals surface area (Å²) in [5.74, 6) is -0.902. The molecule has 1 aromatic carbocycles. The molecule has 1 N–H and O–H groups in total. The van der Waals surface area contributed by atoms with Crippen LogP contribution in [0.5, 0.6) is 0 Å². The number of rotatable bonds is 5. The van der Waals surface area contributed by atoms with Gasteiger partial charge in [0.25, 0.3) is 0 Å². The van der Waals surface area contributed by atoms with Crippen LogP contribution in [0.3, 0.4) is 0 Å². The molecule has 0 aliphatic rings. The van der Waals surface area contributed by atoms with E-state index >= 15 is 0 Å². The van der Waals surface area contributed by atoms with E-state index in [9.17, 15) is 4.79 Å². The zero-order chi connectivity index (χ0) is 13.0. The van der Waals surface area contributed by atoms with Gasteiger partial charge >= 0.3 is 5.97 Å². The Labute approximate surface area is 114 Å². The van der Waals surface area contributed by atoms with Gasteiger partial charge < -0.3 is 9.84 Å². The zero-order valence-electron chi connectivity index (χ0n) is 9.43. The predicted octanol–water partition coefficient (Wildman–Crippen LogP) is 3.82. The summed E-state index contributed by atoms with van der Waals surface area (Å²) in [5, 5.41) is 9.47. The van der Waals surface area contributed by atoms with Crippen molar-refractivity contribution in [3.63, 3.8) is 0 Å². The Balaban J connectivity index is 1.86. The highest BCUT2D eigenvalue weighted by Gasteiger charge is 2.06. The Morgan fingerprint density at radius 1 is 1.28 bits per heavy atom. The van der Waals surface area contributed by atoms with Crippen molar-refractivity contribution in [2.24, 2.45) is 0 Å². The van der Waals surface area contributed by atoms with Gasteiger partial charge in [0.05, 0.1) is 13.2 Å². The lowest BCUT2D eigenvalue weighted by Crippen LogP contribution is -1.92. The summed E-state index contributed by atoms with van der Waals surface area (Å²) in [6.07, 6.45) is 0. The fraction of sp³-hybridized carbons (Fsp3) is 0.154. The maximum atomic E-state index is 10.7. The van der Waals surface area contributed by atoms with E-state index in [1.54, 1.807) is 12.1 Å². The molecule has 2 rings (SSSR count). The van der Waals surface area contributed by atoms with Gasteiger partial charge in [0, 0.05) is 9.90 Å². The molecule has 1 heterocycles. The Morgan fingerprint density at radius 2 is 2.11 bits per heavy atom. The van der Waals surface area contributed by atoms with Gasteiger partial charge in [-0.1, -0.05) is 23.7 Å². The average Bonchev–Trinajstić information content (AvgIpc) is 2.78. The van der Waals surface area contributed by atoms with Crippen LogP contribution in [0.15, 0.2) is 36.4 Å². The highest BCUT2D eigenvalue weighted by molar-refractivity contribution is 7.13. The van der Waals surface area contributed by atoms with Crippen molar-refractivity contribution in [2.45, 2.75) is 13.2 Å². The number of hydrogen-bond donors (Lipinski definition) is 1. The van der Waals surface area contributed by atoms with Crippen LogP contribution >= 0.6 is 22.9 Å². The second kappa shape index (κ2) is 6.00. The first-order valence-corrected chi connectivity index (χ1v) is 6.49. The van der Waals surface area contributed by atoms with Gasteiger partial charge in [0.1, 0.15) is 4.88 Å². The lowest BCUT2D eigenvalue weighted by molar-refractivity contribution is 0.0702. The maximum absolute atomic E-state index is 10.7. The van der Waals surface area contributed by atoms with Crippen molar-refractivity contribution < 1.29 is 14.6 Å². The van der Waals surface area contributed by atoms with Gasteiger partial charge in [-0.2, -0.15) is 0 Å². The maximum Gasteiger partial charge on any atom is 0.345 e. The van der Waals surface area contributed by atoms with Crippen molar-refractivity contribution in [1.82, 2.24) is 0 Å². The summed E-state index contributed by atoms with van der Waals surface area (Å²) in [7, 11) is 0. The second-order valence-electron chi connectivity index (χ2n) is 3.69. The molecule has 0 atom stereocenters. The fourth-order valence-electron chi connectivity index (χ4n) is 1.47.